The molecule has 0 aliphatic heterocycles. The summed E-state index contributed by atoms with van der Waals surface area (Å²) in [6, 6.07) is 5.80. The molecular weight excluding hydrogens is 235 g/mol. The van der Waals surface area contributed by atoms with E-state index in [9.17, 15) is 9.36 Å². The van der Waals surface area contributed by atoms with Gasteiger partial charge >= 0.3 is 13.8 Å². The maximum absolute atomic E-state index is 10.9. The van der Waals surface area contributed by atoms with Gasteiger partial charge in [-0.15, -0.1) is 0 Å². The summed E-state index contributed by atoms with van der Waals surface area (Å²) in [4.78, 5) is 28.0. The van der Waals surface area contributed by atoms with Gasteiger partial charge in [-0.05, 0) is 17.7 Å². The first-order chi connectivity index (χ1) is 7.40. The Labute approximate surface area is 92.1 Å². The van der Waals surface area contributed by atoms with Crippen molar-refractivity contribution in [3.8, 4) is 5.75 Å². The zero-order valence-electron chi connectivity index (χ0n) is 8.49. The quantitative estimate of drug-likeness (QED) is 0.605. The largest absolute Gasteiger partial charge is 0.524 e. The monoisotopic (exact) mass is 246 g/mol. The van der Waals surface area contributed by atoms with Crippen LogP contribution in [-0.2, 0) is 20.5 Å². The molecule has 0 fully saturated rings. The Morgan fingerprint density at radius 3 is 2.31 bits per heavy atom. The van der Waals surface area contributed by atoms with E-state index < -0.39 is 7.82 Å². The van der Waals surface area contributed by atoms with E-state index in [2.05, 4.69) is 9.26 Å². The highest BCUT2D eigenvalue weighted by Crippen LogP contribution is 2.37. The fraction of sp³-hybridized carbons (Fsp3) is 0.222. The van der Waals surface area contributed by atoms with E-state index in [0.717, 1.165) is 0 Å². The van der Waals surface area contributed by atoms with E-state index in [1.807, 2.05) is 0 Å². The summed E-state index contributed by atoms with van der Waals surface area (Å²) in [6.07, 6.45) is 0.104. The minimum atomic E-state index is -4.53. The number of methoxy groups -OCH3 is 1. The smallest absolute Gasteiger partial charge is 0.469 e. The molecule has 0 atom stereocenters. The Bertz CT molecular complexity index is 407. The number of phosphoric ester groups is 1. The van der Waals surface area contributed by atoms with Gasteiger partial charge in [0.05, 0.1) is 13.5 Å². The number of ether oxygens (including phenoxy) is 1. The minimum Gasteiger partial charge on any atom is -0.469 e. The van der Waals surface area contributed by atoms with E-state index in [4.69, 9.17) is 9.79 Å². The molecule has 88 valence electrons. The molecule has 1 rings (SSSR count). The van der Waals surface area contributed by atoms with Crippen LogP contribution in [0.25, 0.3) is 0 Å². The van der Waals surface area contributed by atoms with E-state index >= 15 is 0 Å². The van der Waals surface area contributed by atoms with E-state index in [-0.39, 0.29) is 18.1 Å². The van der Waals surface area contributed by atoms with Gasteiger partial charge in [-0.1, -0.05) is 12.1 Å². The minimum absolute atomic E-state index is 0.0435. The Hall–Kier alpha value is -1.36. The molecule has 2 N–H and O–H groups in total. The second-order valence-electron chi connectivity index (χ2n) is 2.98. The van der Waals surface area contributed by atoms with Crippen molar-refractivity contribution in [3.05, 3.63) is 29.8 Å². The molecule has 16 heavy (non-hydrogen) atoms. The standard InChI is InChI=1S/C9H11O6P/c1-14-9(10)6-7-2-4-8(5-3-7)15-16(11,12)13/h2-5H,6H2,1H3,(H2,11,12,13). The first kappa shape index (κ1) is 12.7. The number of phosphoric acid groups is 1. The molecule has 0 radical (unpaired) electrons. The Balaban J connectivity index is 2.68. The first-order valence-electron chi connectivity index (χ1n) is 4.31. The SMILES string of the molecule is COC(=O)Cc1ccc(OP(=O)(O)O)cc1. The maximum Gasteiger partial charge on any atom is 0.524 e. The lowest BCUT2D eigenvalue weighted by Gasteiger charge is -2.07. The molecule has 0 spiro atoms. The molecule has 0 bridgehead atoms. The summed E-state index contributed by atoms with van der Waals surface area (Å²) in [5.41, 5.74) is 0.671. The summed E-state index contributed by atoms with van der Waals surface area (Å²) in [5.74, 6) is -0.342. The molecule has 0 aliphatic carbocycles. The number of carbonyl (C=O) groups excluding carboxylic acids is 1. The van der Waals surface area contributed by atoms with Crippen LogP contribution in [0.15, 0.2) is 24.3 Å². The van der Waals surface area contributed by atoms with Crippen molar-refractivity contribution in [1.29, 1.82) is 0 Å². The van der Waals surface area contributed by atoms with Crippen LogP contribution in [0, 0.1) is 0 Å². The van der Waals surface area contributed by atoms with Crippen molar-refractivity contribution in [1.82, 2.24) is 0 Å². The van der Waals surface area contributed by atoms with Gasteiger partial charge in [0.2, 0.25) is 0 Å². The highest BCUT2D eigenvalue weighted by atomic mass is 31.2. The zero-order valence-corrected chi connectivity index (χ0v) is 9.39. The van der Waals surface area contributed by atoms with Crippen LogP contribution in [0.4, 0.5) is 0 Å². The maximum atomic E-state index is 10.9. The van der Waals surface area contributed by atoms with Crippen molar-refractivity contribution in [2.75, 3.05) is 7.11 Å². The molecule has 0 heterocycles. The average molecular weight is 246 g/mol. The molecule has 1 aromatic carbocycles. The van der Waals surface area contributed by atoms with Gasteiger partial charge in [-0.2, -0.15) is 0 Å². The molecule has 7 heteroatoms. The summed E-state index contributed by atoms with van der Waals surface area (Å²) < 4.78 is 19.3. The average Bonchev–Trinajstić information content (AvgIpc) is 2.18. The van der Waals surface area contributed by atoms with Gasteiger partial charge in [0.1, 0.15) is 5.75 Å². The lowest BCUT2D eigenvalue weighted by atomic mass is 10.1. The predicted molar refractivity (Wildman–Crippen MR) is 54.8 cm³/mol. The molecule has 6 nitrogen and oxygen atoms in total. The van der Waals surface area contributed by atoms with Gasteiger partial charge in [0.25, 0.3) is 0 Å². The lowest BCUT2D eigenvalue weighted by molar-refractivity contribution is -0.139. The normalized spacial score (nSPS) is 10.9. The Morgan fingerprint density at radius 2 is 1.88 bits per heavy atom. The van der Waals surface area contributed by atoms with Gasteiger partial charge in [0, 0.05) is 0 Å². The predicted octanol–water partition coefficient (Wildman–Crippen LogP) is 0.874. The van der Waals surface area contributed by atoms with Crippen LogP contribution >= 0.6 is 7.82 Å². The van der Waals surface area contributed by atoms with E-state index in [1.54, 1.807) is 0 Å². The number of benzene rings is 1. The molecule has 0 amide bonds. The van der Waals surface area contributed by atoms with Gasteiger partial charge in [-0.3, -0.25) is 14.6 Å². The van der Waals surface area contributed by atoms with Crippen molar-refractivity contribution < 1.29 is 28.4 Å². The Morgan fingerprint density at radius 1 is 1.31 bits per heavy atom. The fourth-order valence-electron chi connectivity index (χ4n) is 1.04. The molecule has 1 aromatic rings. The second-order valence-corrected chi connectivity index (χ2v) is 4.14. The molecule has 0 aromatic heterocycles. The fourth-order valence-corrected chi connectivity index (χ4v) is 1.44. The number of carbonyl (C=O) groups is 1. The van der Waals surface area contributed by atoms with Crippen molar-refractivity contribution >= 4 is 13.8 Å². The third-order valence-corrected chi connectivity index (χ3v) is 2.17. The van der Waals surface area contributed by atoms with Crippen molar-refractivity contribution in [2.24, 2.45) is 0 Å². The van der Waals surface area contributed by atoms with Crippen LogP contribution < -0.4 is 4.52 Å². The topological polar surface area (TPSA) is 93.1 Å². The summed E-state index contributed by atoms with van der Waals surface area (Å²) in [5, 5.41) is 0. The third-order valence-electron chi connectivity index (χ3n) is 1.72. The molecule has 0 saturated carbocycles. The van der Waals surface area contributed by atoms with Crippen LogP contribution in [0.5, 0.6) is 5.75 Å². The first-order valence-corrected chi connectivity index (χ1v) is 5.84. The third kappa shape index (κ3) is 4.44. The van der Waals surface area contributed by atoms with E-state index in [1.165, 1.54) is 31.4 Å². The van der Waals surface area contributed by atoms with Crippen LogP contribution in [0.3, 0.4) is 0 Å². The number of hydrogen-bond acceptors (Lipinski definition) is 4. The van der Waals surface area contributed by atoms with E-state index in [0.29, 0.717) is 5.56 Å². The highest BCUT2D eigenvalue weighted by molar-refractivity contribution is 7.46. The van der Waals surface area contributed by atoms with Crippen LogP contribution in [-0.4, -0.2) is 22.9 Å². The number of hydrogen-bond donors (Lipinski definition) is 2. The molecule has 0 unspecified atom stereocenters. The number of esters is 1. The zero-order chi connectivity index (χ0) is 12.2. The summed E-state index contributed by atoms with van der Waals surface area (Å²) >= 11 is 0. The van der Waals surface area contributed by atoms with Gasteiger partial charge in [-0.25, -0.2) is 4.57 Å². The molecule has 0 aliphatic rings. The second kappa shape index (κ2) is 5.12. The van der Waals surface area contributed by atoms with Crippen molar-refractivity contribution in [2.45, 2.75) is 6.42 Å². The molecule has 0 saturated heterocycles. The van der Waals surface area contributed by atoms with Crippen LogP contribution in [0.1, 0.15) is 5.56 Å². The Kier molecular flexibility index (Phi) is 4.06. The summed E-state index contributed by atoms with van der Waals surface area (Å²) in [6.45, 7) is 0. The lowest BCUT2D eigenvalue weighted by Crippen LogP contribution is -2.04. The van der Waals surface area contributed by atoms with Crippen LogP contribution in [0.2, 0.25) is 0 Å². The molecular formula is C9H11O6P. The highest BCUT2D eigenvalue weighted by Gasteiger charge is 2.15. The number of rotatable bonds is 4. The van der Waals surface area contributed by atoms with Crippen molar-refractivity contribution in [3.63, 3.8) is 0 Å². The van der Waals surface area contributed by atoms with Gasteiger partial charge in [0.15, 0.2) is 0 Å². The van der Waals surface area contributed by atoms with Gasteiger partial charge < -0.3 is 9.26 Å². The summed E-state index contributed by atoms with van der Waals surface area (Å²) in [7, 11) is -3.24.